The predicted molar refractivity (Wildman–Crippen MR) is 171 cm³/mol. The van der Waals surface area contributed by atoms with Crippen molar-refractivity contribution in [2.24, 2.45) is 5.92 Å². The molecule has 0 bridgehead atoms. The van der Waals surface area contributed by atoms with Crippen LogP contribution in [0.25, 0.3) is 0 Å². The van der Waals surface area contributed by atoms with Gasteiger partial charge in [0, 0.05) is 12.3 Å². The minimum Gasteiger partial charge on any atom is -0.493 e. The number of hydrogen-bond acceptors (Lipinski definition) is 6. The molecule has 1 saturated carbocycles. The molecule has 0 aliphatic heterocycles. The Morgan fingerprint density at radius 2 is 1.55 bits per heavy atom. The summed E-state index contributed by atoms with van der Waals surface area (Å²) in [5, 5.41) is 12.0. The lowest BCUT2D eigenvalue weighted by atomic mass is 9.73. The van der Waals surface area contributed by atoms with Gasteiger partial charge >= 0.3 is 0 Å². The van der Waals surface area contributed by atoms with E-state index in [1.54, 1.807) is 18.3 Å². The highest BCUT2D eigenvalue weighted by Gasteiger charge is 2.44. The van der Waals surface area contributed by atoms with Gasteiger partial charge in [-0.05, 0) is 49.6 Å². The third kappa shape index (κ3) is 9.25. The van der Waals surface area contributed by atoms with Crippen molar-refractivity contribution < 1.29 is 31.7 Å². The van der Waals surface area contributed by atoms with Crippen molar-refractivity contribution in [3.63, 3.8) is 0 Å². The molecule has 1 aliphatic carbocycles. The van der Waals surface area contributed by atoms with Crippen LogP contribution in [0, 0.1) is 12.8 Å². The summed E-state index contributed by atoms with van der Waals surface area (Å²) in [4.78, 5) is 4.54. The van der Waals surface area contributed by atoms with Crippen LogP contribution in [-0.4, -0.2) is 54.8 Å². The molecule has 1 fully saturated rings. The zero-order valence-electron chi connectivity index (χ0n) is 25.9. The molecule has 0 spiro atoms. The van der Waals surface area contributed by atoms with E-state index in [-0.39, 0.29) is 10.8 Å². The Hall–Kier alpha value is -3.50. The average Bonchev–Trinajstić information content (AvgIpc) is 3.48. The highest BCUT2D eigenvalue weighted by Crippen LogP contribution is 2.43. The van der Waals surface area contributed by atoms with E-state index >= 15 is 0 Å². The molecule has 1 unspecified atom stereocenters. The summed E-state index contributed by atoms with van der Waals surface area (Å²) in [6.45, 7) is 4.19. The number of aromatic nitrogens is 1. The highest BCUT2D eigenvalue weighted by atomic mass is 32.2. The Bertz CT molecular complexity index is 1530. The third-order valence-corrected chi connectivity index (χ3v) is 8.98. The summed E-state index contributed by atoms with van der Waals surface area (Å²) < 4.78 is 42.4. The van der Waals surface area contributed by atoms with Gasteiger partial charge in [0.05, 0.1) is 38.3 Å². The molecule has 8 nitrogen and oxygen atoms in total. The van der Waals surface area contributed by atoms with Crippen molar-refractivity contribution in [2.75, 3.05) is 27.2 Å². The van der Waals surface area contributed by atoms with Crippen LogP contribution < -0.4 is 4.74 Å². The van der Waals surface area contributed by atoms with Crippen molar-refractivity contribution in [2.45, 2.75) is 62.5 Å². The quantitative estimate of drug-likeness (QED) is 0.108. The van der Waals surface area contributed by atoms with Gasteiger partial charge in [-0.25, -0.2) is 4.98 Å². The predicted octanol–water partition coefficient (Wildman–Crippen LogP) is 6.78. The number of benzene rings is 3. The number of para-hydroxylation sites is 1. The molecule has 3 aromatic carbocycles. The van der Waals surface area contributed by atoms with E-state index in [0.29, 0.717) is 19.0 Å². The van der Waals surface area contributed by atoms with E-state index in [4.69, 9.17) is 13.7 Å². The molecule has 4 aromatic rings. The number of quaternary nitrogens is 1. The van der Waals surface area contributed by atoms with Gasteiger partial charge in [0.25, 0.3) is 10.1 Å². The van der Waals surface area contributed by atoms with Crippen LogP contribution in [0.15, 0.2) is 100 Å². The maximum atomic E-state index is 12.0. The lowest BCUT2D eigenvalue weighted by Gasteiger charge is -2.36. The number of nitrogens with zero attached hydrogens (tertiary/aromatic N) is 2. The molecule has 1 heterocycles. The largest absolute Gasteiger partial charge is 0.493 e. The molecule has 0 radical (unpaired) electrons. The standard InChI is InChI=1S/C28H37N2O3.C7H8O3S/c1-30(2,19-12-20-32-25-17-10-5-11-18-25)22-26-21-29-27(33-26)28(31,23-13-6-3-7-14-23)24-15-8-4-9-16-24;1-6-2-4-7(5-3-6)11(8,9)10/h3,5-7,10-11,13-14,17-18,21,24,31H,4,8-9,12,15-16,19-20,22H2,1-2H3;2-5H,1H3,(H,8,9,10)/q+1;. The maximum absolute atomic E-state index is 12.0. The SMILES string of the molecule is C[N+](C)(CCCOc1ccccc1)Cc1cnc(C(O)(c2ccccc2)C2CCCCC2)o1.Cc1ccc(S(=O)(=O)O)cc1. The van der Waals surface area contributed by atoms with Crippen molar-refractivity contribution in [1.82, 2.24) is 4.98 Å². The Morgan fingerprint density at radius 1 is 0.932 bits per heavy atom. The van der Waals surface area contributed by atoms with E-state index in [9.17, 15) is 13.5 Å². The second-order valence-electron chi connectivity index (χ2n) is 12.2. The maximum Gasteiger partial charge on any atom is 0.294 e. The summed E-state index contributed by atoms with van der Waals surface area (Å²) in [5.41, 5.74) is 0.648. The lowest BCUT2D eigenvalue weighted by Crippen LogP contribution is -2.40. The second-order valence-corrected chi connectivity index (χ2v) is 13.6. The molecule has 1 aliphatic rings. The molecular weight excluding hydrogens is 576 g/mol. The first-order chi connectivity index (χ1) is 21.0. The van der Waals surface area contributed by atoms with E-state index < -0.39 is 15.7 Å². The normalized spacial score (nSPS) is 15.6. The molecule has 5 rings (SSSR count). The van der Waals surface area contributed by atoms with Crippen LogP contribution in [0.5, 0.6) is 5.75 Å². The van der Waals surface area contributed by atoms with Gasteiger partial charge in [-0.1, -0.05) is 85.5 Å². The Labute approximate surface area is 261 Å². The number of aryl methyl sites for hydroxylation is 1. The van der Waals surface area contributed by atoms with Crippen LogP contribution in [0.3, 0.4) is 0 Å². The van der Waals surface area contributed by atoms with Gasteiger partial charge in [0.2, 0.25) is 5.89 Å². The molecule has 0 saturated heterocycles. The van der Waals surface area contributed by atoms with Gasteiger partial charge in [0.1, 0.15) is 12.3 Å². The van der Waals surface area contributed by atoms with E-state index in [2.05, 4.69) is 19.1 Å². The van der Waals surface area contributed by atoms with Gasteiger partial charge in [0.15, 0.2) is 11.4 Å². The van der Waals surface area contributed by atoms with Gasteiger partial charge in [-0.2, -0.15) is 8.42 Å². The third-order valence-electron chi connectivity index (χ3n) is 8.11. The van der Waals surface area contributed by atoms with Crippen molar-refractivity contribution in [1.29, 1.82) is 0 Å². The number of oxazole rings is 1. The fourth-order valence-electron chi connectivity index (χ4n) is 5.71. The zero-order valence-corrected chi connectivity index (χ0v) is 26.7. The molecule has 2 N–H and O–H groups in total. The van der Waals surface area contributed by atoms with E-state index in [0.717, 1.165) is 65.8 Å². The first kappa shape index (κ1) is 33.4. The first-order valence-corrected chi connectivity index (χ1v) is 16.7. The highest BCUT2D eigenvalue weighted by molar-refractivity contribution is 7.85. The summed E-state index contributed by atoms with van der Waals surface area (Å²) in [7, 11) is 0.360. The van der Waals surface area contributed by atoms with Crippen LogP contribution in [-0.2, 0) is 22.3 Å². The molecular formula is C35H45N2O6S+. The summed E-state index contributed by atoms with van der Waals surface area (Å²) in [5.74, 6) is 2.27. The van der Waals surface area contributed by atoms with Gasteiger partial charge in [-0.3, -0.25) is 4.55 Å². The van der Waals surface area contributed by atoms with Gasteiger partial charge < -0.3 is 18.7 Å². The monoisotopic (exact) mass is 621 g/mol. The molecule has 1 aromatic heterocycles. The topological polar surface area (TPSA) is 110 Å². The molecule has 0 amide bonds. The molecule has 236 valence electrons. The van der Waals surface area contributed by atoms with Crippen LogP contribution in [0.4, 0.5) is 0 Å². The summed E-state index contributed by atoms with van der Waals surface area (Å²) >= 11 is 0. The van der Waals surface area contributed by atoms with Crippen LogP contribution >= 0.6 is 0 Å². The van der Waals surface area contributed by atoms with Crippen LogP contribution in [0.2, 0.25) is 0 Å². The lowest BCUT2D eigenvalue weighted by molar-refractivity contribution is -0.904. The van der Waals surface area contributed by atoms with Crippen molar-refractivity contribution in [3.05, 3.63) is 114 Å². The zero-order chi connectivity index (χ0) is 31.6. The van der Waals surface area contributed by atoms with Crippen molar-refractivity contribution >= 4 is 10.1 Å². The number of rotatable bonds is 11. The minimum atomic E-state index is -4.02. The smallest absolute Gasteiger partial charge is 0.294 e. The van der Waals surface area contributed by atoms with E-state index in [1.165, 1.54) is 18.6 Å². The molecule has 1 atom stereocenters. The fourth-order valence-corrected chi connectivity index (χ4v) is 6.19. The van der Waals surface area contributed by atoms with Crippen molar-refractivity contribution in [3.8, 4) is 5.75 Å². The Balaban J connectivity index is 0.000000339. The number of hydrogen-bond donors (Lipinski definition) is 2. The molecule has 9 heteroatoms. The summed E-state index contributed by atoms with van der Waals surface area (Å²) in [6.07, 6.45) is 8.24. The Kier molecular flexibility index (Phi) is 11.4. The second kappa shape index (κ2) is 15.0. The molecule has 44 heavy (non-hydrogen) atoms. The van der Waals surface area contributed by atoms with E-state index in [1.807, 2.05) is 67.6 Å². The fraction of sp³-hybridized carbons (Fsp3) is 0.400. The summed E-state index contributed by atoms with van der Waals surface area (Å²) in [6, 6.07) is 25.8. The van der Waals surface area contributed by atoms with Crippen LogP contribution in [0.1, 0.15) is 61.3 Å². The number of aliphatic hydroxyl groups is 1. The van der Waals surface area contributed by atoms with Gasteiger partial charge in [-0.15, -0.1) is 0 Å². The number of ether oxygens (including phenoxy) is 1. The first-order valence-electron chi connectivity index (χ1n) is 15.2. The minimum absolute atomic E-state index is 0.0666. The Morgan fingerprint density at radius 3 is 2.16 bits per heavy atom. The average molecular weight is 622 g/mol.